The van der Waals surface area contributed by atoms with E-state index in [0.29, 0.717) is 10.7 Å². The second-order valence-corrected chi connectivity index (χ2v) is 4.17. The quantitative estimate of drug-likeness (QED) is 0.774. The third-order valence-corrected chi connectivity index (χ3v) is 2.91. The molecule has 3 aromatic rings. The number of nitrogens with zero attached hydrogens (tertiary/aromatic N) is 4. The summed E-state index contributed by atoms with van der Waals surface area (Å²) in [6.07, 6.45) is 1.54. The van der Waals surface area contributed by atoms with Gasteiger partial charge in [-0.25, -0.2) is 9.78 Å². The Morgan fingerprint density at radius 3 is 2.79 bits per heavy atom. The van der Waals surface area contributed by atoms with Crippen molar-refractivity contribution < 1.29 is 9.90 Å². The van der Waals surface area contributed by atoms with Gasteiger partial charge < -0.3 is 5.11 Å². The summed E-state index contributed by atoms with van der Waals surface area (Å²) in [4.78, 5) is 18.7. The van der Waals surface area contributed by atoms with E-state index in [0.717, 1.165) is 5.56 Å². The minimum absolute atomic E-state index is 0.217. The molecule has 0 unspecified atom stereocenters. The molecule has 0 saturated carbocycles. The molecule has 0 aliphatic rings. The number of halogens is 1. The average Bonchev–Trinajstić information content (AvgIpc) is 2.83. The van der Waals surface area contributed by atoms with Gasteiger partial charge in [-0.3, -0.25) is 0 Å². The molecule has 0 aliphatic carbocycles. The van der Waals surface area contributed by atoms with E-state index in [1.54, 1.807) is 12.1 Å². The Hall–Kier alpha value is -2.47. The van der Waals surface area contributed by atoms with E-state index in [1.807, 2.05) is 18.2 Å². The molecular weight excluding hydrogens is 268 g/mol. The molecule has 2 aromatic heterocycles. The number of benzene rings is 1. The molecule has 0 saturated heterocycles. The van der Waals surface area contributed by atoms with Crippen molar-refractivity contribution in [3.8, 4) is 11.3 Å². The van der Waals surface area contributed by atoms with E-state index in [9.17, 15) is 4.79 Å². The molecule has 0 bridgehead atoms. The van der Waals surface area contributed by atoms with Crippen LogP contribution >= 0.6 is 11.6 Å². The highest BCUT2D eigenvalue weighted by Gasteiger charge is 2.15. The number of carboxylic acid groups (broad SMARTS) is 1. The highest BCUT2D eigenvalue weighted by Crippen LogP contribution is 2.26. The molecule has 0 fully saturated rings. The fourth-order valence-corrected chi connectivity index (χ4v) is 1.99. The maximum Gasteiger partial charge on any atom is 0.375 e. The molecule has 0 atom stereocenters. The van der Waals surface area contributed by atoms with Crippen LogP contribution in [0, 0.1) is 0 Å². The van der Waals surface area contributed by atoms with Gasteiger partial charge in [-0.15, -0.1) is 5.10 Å². The van der Waals surface area contributed by atoms with Crippen molar-refractivity contribution in [2.24, 2.45) is 0 Å². The largest absolute Gasteiger partial charge is 0.475 e. The summed E-state index contributed by atoms with van der Waals surface area (Å²) in [5.41, 5.74) is 1.37. The lowest BCUT2D eigenvalue weighted by atomic mass is 10.1. The van der Waals surface area contributed by atoms with E-state index in [4.69, 9.17) is 16.7 Å². The highest BCUT2D eigenvalue weighted by atomic mass is 35.5. The van der Waals surface area contributed by atoms with Crippen molar-refractivity contribution in [1.29, 1.82) is 0 Å². The van der Waals surface area contributed by atoms with Crippen LogP contribution in [-0.4, -0.2) is 30.7 Å². The fourth-order valence-electron chi connectivity index (χ4n) is 1.76. The minimum Gasteiger partial charge on any atom is -0.475 e. The summed E-state index contributed by atoms with van der Waals surface area (Å²) < 4.78 is 1.37. The van der Waals surface area contributed by atoms with Crippen LogP contribution in [0.1, 0.15) is 10.6 Å². The van der Waals surface area contributed by atoms with E-state index < -0.39 is 5.97 Å². The summed E-state index contributed by atoms with van der Waals surface area (Å²) in [5, 5.41) is 13.4. The molecule has 1 aromatic carbocycles. The molecule has 3 rings (SSSR count). The summed E-state index contributed by atoms with van der Waals surface area (Å²) in [5.74, 6) is -1.28. The molecule has 2 heterocycles. The second kappa shape index (κ2) is 4.33. The van der Waals surface area contributed by atoms with Crippen molar-refractivity contribution >= 4 is 23.3 Å². The Balaban J connectivity index is 2.30. The molecule has 0 amide bonds. The van der Waals surface area contributed by atoms with Crippen molar-refractivity contribution in [3.63, 3.8) is 0 Å². The Morgan fingerprint density at radius 2 is 2.05 bits per heavy atom. The lowest BCUT2D eigenvalue weighted by Crippen LogP contribution is -2.00. The number of hydrogen-bond donors (Lipinski definition) is 1. The molecular formula is C12H7ClN4O2. The Morgan fingerprint density at radius 1 is 1.26 bits per heavy atom. The van der Waals surface area contributed by atoms with Gasteiger partial charge in [0.15, 0.2) is 0 Å². The smallest absolute Gasteiger partial charge is 0.375 e. The summed E-state index contributed by atoms with van der Waals surface area (Å²) in [7, 11) is 0. The molecule has 7 heteroatoms. The zero-order chi connectivity index (χ0) is 13.4. The van der Waals surface area contributed by atoms with Crippen LogP contribution in [0.2, 0.25) is 5.02 Å². The number of rotatable bonds is 2. The maximum atomic E-state index is 10.9. The Labute approximate surface area is 112 Å². The van der Waals surface area contributed by atoms with Gasteiger partial charge in [0.05, 0.1) is 5.69 Å². The van der Waals surface area contributed by atoms with Gasteiger partial charge in [-0.1, -0.05) is 29.8 Å². The first-order valence-corrected chi connectivity index (χ1v) is 5.74. The monoisotopic (exact) mass is 274 g/mol. The first kappa shape index (κ1) is 11.6. The molecule has 19 heavy (non-hydrogen) atoms. The van der Waals surface area contributed by atoms with Crippen molar-refractivity contribution in [1.82, 2.24) is 19.6 Å². The molecule has 94 valence electrons. The van der Waals surface area contributed by atoms with Crippen LogP contribution in [0.3, 0.4) is 0 Å². The SMILES string of the molecule is O=C(O)c1nc2nccc(-c3ccccc3Cl)n2n1. The van der Waals surface area contributed by atoms with E-state index in [-0.39, 0.29) is 11.6 Å². The van der Waals surface area contributed by atoms with Gasteiger partial charge >= 0.3 is 5.97 Å². The second-order valence-electron chi connectivity index (χ2n) is 3.76. The van der Waals surface area contributed by atoms with Crippen molar-refractivity contribution in [2.75, 3.05) is 0 Å². The number of carboxylic acids is 1. The number of aromatic nitrogens is 4. The molecule has 0 aliphatic heterocycles. The van der Waals surface area contributed by atoms with E-state index in [1.165, 1.54) is 10.7 Å². The molecule has 0 radical (unpaired) electrons. The average molecular weight is 275 g/mol. The molecule has 6 nitrogen and oxygen atoms in total. The summed E-state index contributed by atoms with van der Waals surface area (Å²) in [6.45, 7) is 0. The highest BCUT2D eigenvalue weighted by molar-refractivity contribution is 6.33. The minimum atomic E-state index is -1.20. The third-order valence-electron chi connectivity index (χ3n) is 2.58. The predicted octanol–water partition coefficient (Wildman–Crippen LogP) is 2.14. The van der Waals surface area contributed by atoms with Gasteiger partial charge in [0.1, 0.15) is 0 Å². The number of carbonyl (C=O) groups is 1. The zero-order valence-electron chi connectivity index (χ0n) is 9.49. The first-order valence-electron chi connectivity index (χ1n) is 5.37. The Bertz CT molecular complexity index is 784. The van der Waals surface area contributed by atoms with Gasteiger partial charge in [0.25, 0.3) is 11.6 Å². The lowest BCUT2D eigenvalue weighted by molar-refractivity contribution is 0.0684. The molecule has 0 spiro atoms. The normalized spacial score (nSPS) is 10.8. The fraction of sp³-hybridized carbons (Fsp3) is 0. The first-order chi connectivity index (χ1) is 9.16. The standard InChI is InChI=1S/C12H7ClN4O2/c13-8-4-2-1-3-7(8)9-5-6-14-12-15-10(11(18)19)16-17(9)12/h1-6H,(H,18,19). The summed E-state index contributed by atoms with van der Waals surface area (Å²) in [6, 6.07) is 8.92. The van der Waals surface area contributed by atoms with Crippen LogP contribution in [0.15, 0.2) is 36.5 Å². The van der Waals surface area contributed by atoms with Crippen molar-refractivity contribution in [2.45, 2.75) is 0 Å². The predicted molar refractivity (Wildman–Crippen MR) is 68.2 cm³/mol. The van der Waals surface area contributed by atoms with Crippen LogP contribution < -0.4 is 0 Å². The van der Waals surface area contributed by atoms with E-state index >= 15 is 0 Å². The topological polar surface area (TPSA) is 80.4 Å². The van der Waals surface area contributed by atoms with Crippen LogP contribution in [0.4, 0.5) is 0 Å². The van der Waals surface area contributed by atoms with Gasteiger partial charge in [0, 0.05) is 16.8 Å². The van der Waals surface area contributed by atoms with Gasteiger partial charge in [-0.05, 0) is 12.1 Å². The van der Waals surface area contributed by atoms with Crippen LogP contribution in [0.5, 0.6) is 0 Å². The zero-order valence-corrected chi connectivity index (χ0v) is 10.2. The Kier molecular flexibility index (Phi) is 2.64. The van der Waals surface area contributed by atoms with Gasteiger partial charge in [-0.2, -0.15) is 9.50 Å². The maximum absolute atomic E-state index is 10.9. The molecule has 1 N–H and O–H groups in total. The lowest BCUT2D eigenvalue weighted by Gasteiger charge is -2.05. The summed E-state index contributed by atoms with van der Waals surface area (Å²) >= 11 is 6.13. The number of fused-ring (bicyclic) bond motifs is 1. The van der Waals surface area contributed by atoms with Crippen LogP contribution in [-0.2, 0) is 0 Å². The third kappa shape index (κ3) is 1.92. The number of aromatic carboxylic acids is 1. The van der Waals surface area contributed by atoms with Crippen LogP contribution in [0.25, 0.3) is 17.0 Å². The van der Waals surface area contributed by atoms with Crippen molar-refractivity contribution in [3.05, 3.63) is 47.4 Å². The van der Waals surface area contributed by atoms with Gasteiger partial charge in [0.2, 0.25) is 0 Å². The van der Waals surface area contributed by atoms with E-state index in [2.05, 4.69) is 15.1 Å². The number of hydrogen-bond acceptors (Lipinski definition) is 4.